The third-order valence-corrected chi connectivity index (χ3v) is 7.53. The van der Waals surface area contributed by atoms with Crippen LogP contribution in [0.4, 0.5) is 15.8 Å². The van der Waals surface area contributed by atoms with Gasteiger partial charge in [-0.05, 0) is 50.1 Å². The number of nitrogens with zero attached hydrogens (tertiary/aromatic N) is 1. The van der Waals surface area contributed by atoms with Gasteiger partial charge in [-0.25, -0.2) is 4.39 Å². The largest absolute Gasteiger partial charge is 0.489 e. The lowest BCUT2D eigenvalue weighted by Crippen LogP contribution is -2.35. The van der Waals surface area contributed by atoms with Gasteiger partial charge >= 0.3 is 0 Å². The summed E-state index contributed by atoms with van der Waals surface area (Å²) in [5.41, 5.74) is 1.21. The number of halogens is 1. The maximum absolute atomic E-state index is 15.3. The summed E-state index contributed by atoms with van der Waals surface area (Å²) in [5.74, 6) is -0.0195. The van der Waals surface area contributed by atoms with Crippen LogP contribution < -0.4 is 29.6 Å². The standard InChI is InChI=1S/C33H32FN3O7/c1-20-4-6-21(7-5-20)36-31(38)33(11-12-33)32(39)37-22-8-9-25(23(34)18-22)44-26-10-13-35-24-19-27(41-15-3-14-40-2)29-30(28(24)26)43-17-16-42-29/h4-10,13,18-19H,3,11-12,14-17H2,1-2H3,(H,36,38)(H,37,39). The number of aryl methyl sites for hydroxylation is 1. The summed E-state index contributed by atoms with van der Waals surface area (Å²) in [7, 11) is 1.63. The van der Waals surface area contributed by atoms with E-state index in [2.05, 4.69) is 15.6 Å². The molecule has 1 aliphatic heterocycles. The van der Waals surface area contributed by atoms with Crippen LogP contribution in [0.3, 0.4) is 0 Å². The molecular formula is C33H32FN3O7. The molecule has 2 N–H and O–H groups in total. The predicted molar refractivity (Wildman–Crippen MR) is 161 cm³/mol. The van der Waals surface area contributed by atoms with E-state index in [0.29, 0.717) is 85.3 Å². The normalized spacial score (nSPS) is 14.5. The van der Waals surface area contributed by atoms with Gasteiger partial charge in [-0.3, -0.25) is 14.6 Å². The van der Waals surface area contributed by atoms with Gasteiger partial charge in [0.05, 0.1) is 17.5 Å². The first-order valence-electron chi connectivity index (χ1n) is 14.4. The molecule has 1 saturated carbocycles. The molecule has 0 spiro atoms. The maximum atomic E-state index is 15.3. The van der Waals surface area contributed by atoms with E-state index in [4.69, 9.17) is 23.7 Å². The van der Waals surface area contributed by atoms with Crippen LogP contribution in [-0.2, 0) is 14.3 Å². The van der Waals surface area contributed by atoms with Gasteiger partial charge in [0.15, 0.2) is 23.1 Å². The fraction of sp³-hybridized carbons (Fsp3) is 0.303. The number of carbonyl (C=O) groups excluding carboxylic acids is 2. The zero-order valence-corrected chi connectivity index (χ0v) is 24.4. The van der Waals surface area contributed by atoms with Crippen LogP contribution in [-0.4, -0.2) is 50.3 Å². The van der Waals surface area contributed by atoms with Gasteiger partial charge in [0.25, 0.3) is 0 Å². The number of amides is 2. The van der Waals surface area contributed by atoms with Crippen LogP contribution in [0, 0.1) is 18.2 Å². The second-order valence-corrected chi connectivity index (χ2v) is 10.7. The third-order valence-electron chi connectivity index (χ3n) is 7.53. The van der Waals surface area contributed by atoms with Gasteiger partial charge in [-0.2, -0.15) is 0 Å². The van der Waals surface area contributed by atoms with Gasteiger partial charge < -0.3 is 34.3 Å². The van der Waals surface area contributed by atoms with E-state index in [9.17, 15) is 9.59 Å². The average Bonchev–Trinajstić information content (AvgIpc) is 3.84. The summed E-state index contributed by atoms with van der Waals surface area (Å²) in [5, 5.41) is 6.01. The van der Waals surface area contributed by atoms with Gasteiger partial charge in [-0.1, -0.05) is 17.7 Å². The van der Waals surface area contributed by atoms with E-state index in [1.165, 1.54) is 12.1 Å². The van der Waals surface area contributed by atoms with Crippen LogP contribution in [0.15, 0.2) is 60.8 Å². The monoisotopic (exact) mass is 601 g/mol. The van der Waals surface area contributed by atoms with Crippen molar-refractivity contribution in [3.05, 3.63) is 72.2 Å². The number of carbonyl (C=O) groups is 2. The molecule has 228 valence electrons. The van der Waals surface area contributed by atoms with Gasteiger partial charge in [0.2, 0.25) is 17.6 Å². The van der Waals surface area contributed by atoms with Crippen LogP contribution in [0.2, 0.25) is 0 Å². The molecule has 0 radical (unpaired) electrons. The van der Waals surface area contributed by atoms with E-state index >= 15 is 4.39 Å². The molecule has 0 bridgehead atoms. The summed E-state index contributed by atoms with van der Waals surface area (Å²) in [6, 6.07) is 14.8. The number of anilines is 2. The molecule has 2 aliphatic rings. The Morgan fingerprint density at radius 2 is 1.59 bits per heavy atom. The van der Waals surface area contributed by atoms with Crippen LogP contribution >= 0.6 is 0 Å². The van der Waals surface area contributed by atoms with E-state index in [0.717, 1.165) is 11.6 Å². The molecule has 2 amide bonds. The quantitative estimate of drug-likeness (QED) is 0.158. The molecular weight excluding hydrogens is 569 g/mol. The first-order valence-corrected chi connectivity index (χ1v) is 14.4. The Balaban J connectivity index is 1.19. The van der Waals surface area contributed by atoms with Crippen molar-refractivity contribution in [3.8, 4) is 28.7 Å². The second kappa shape index (κ2) is 12.4. The van der Waals surface area contributed by atoms with Crippen LogP contribution in [0.5, 0.6) is 28.7 Å². The van der Waals surface area contributed by atoms with Crippen LogP contribution in [0.25, 0.3) is 10.9 Å². The molecule has 10 nitrogen and oxygen atoms in total. The fourth-order valence-electron chi connectivity index (χ4n) is 4.95. The smallest absolute Gasteiger partial charge is 0.240 e. The zero-order chi connectivity index (χ0) is 30.7. The van der Waals surface area contributed by atoms with Gasteiger partial charge in [0.1, 0.15) is 24.4 Å². The van der Waals surface area contributed by atoms with Gasteiger partial charge in [0, 0.05) is 49.8 Å². The number of nitrogens with one attached hydrogen (secondary N) is 2. The Kier molecular flexibility index (Phi) is 8.21. The van der Waals surface area contributed by atoms with Gasteiger partial charge in [-0.15, -0.1) is 0 Å². The summed E-state index contributed by atoms with van der Waals surface area (Å²) >= 11 is 0. The van der Waals surface area contributed by atoms with Crippen molar-refractivity contribution in [3.63, 3.8) is 0 Å². The van der Waals surface area contributed by atoms with E-state index in [1.54, 1.807) is 37.6 Å². The van der Waals surface area contributed by atoms with Crippen molar-refractivity contribution in [2.24, 2.45) is 5.41 Å². The molecule has 1 aromatic heterocycles. The predicted octanol–water partition coefficient (Wildman–Crippen LogP) is 6.02. The highest BCUT2D eigenvalue weighted by atomic mass is 19.1. The number of pyridine rings is 1. The van der Waals surface area contributed by atoms with Crippen molar-refractivity contribution in [2.75, 3.05) is 44.2 Å². The summed E-state index contributed by atoms with van der Waals surface area (Å²) < 4.78 is 44.2. The summed E-state index contributed by atoms with van der Waals surface area (Å²) in [6.45, 7) is 3.58. The molecule has 0 saturated heterocycles. The van der Waals surface area contributed by atoms with E-state index < -0.39 is 17.1 Å². The molecule has 44 heavy (non-hydrogen) atoms. The highest BCUT2D eigenvalue weighted by molar-refractivity contribution is 6.16. The SMILES string of the molecule is COCCCOc1cc2nccc(Oc3ccc(NC(=O)C4(C(=O)Nc5ccc(C)cc5)CC4)cc3F)c2c2c1OCCO2. The molecule has 11 heteroatoms. The van der Waals surface area contributed by atoms with E-state index in [-0.39, 0.29) is 17.3 Å². The number of benzene rings is 3. The number of methoxy groups -OCH3 is 1. The summed E-state index contributed by atoms with van der Waals surface area (Å²) in [6.07, 6.45) is 3.06. The van der Waals surface area contributed by atoms with Crippen LogP contribution in [0.1, 0.15) is 24.8 Å². The Bertz CT molecular complexity index is 1710. The van der Waals surface area contributed by atoms with Crippen molar-refractivity contribution < 1.29 is 37.7 Å². The molecule has 3 aromatic carbocycles. The lowest BCUT2D eigenvalue weighted by Gasteiger charge is -2.23. The average molecular weight is 602 g/mol. The molecule has 0 atom stereocenters. The Morgan fingerprint density at radius 3 is 2.30 bits per heavy atom. The lowest BCUT2D eigenvalue weighted by atomic mass is 10.0. The number of fused-ring (bicyclic) bond motifs is 3. The Hall–Kier alpha value is -4.90. The van der Waals surface area contributed by atoms with Crippen molar-refractivity contribution in [2.45, 2.75) is 26.2 Å². The third kappa shape index (κ3) is 5.96. The molecule has 4 aromatic rings. The van der Waals surface area contributed by atoms with E-state index in [1.807, 2.05) is 19.1 Å². The highest BCUT2D eigenvalue weighted by Gasteiger charge is 2.56. The zero-order valence-electron chi connectivity index (χ0n) is 24.4. The molecule has 6 rings (SSSR count). The lowest BCUT2D eigenvalue weighted by molar-refractivity contribution is -0.131. The topological polar surface area (TPSA) is 117 Å². The summed E-state index contributed by atoms with van der Waals surface area (Å²) in [4.78, 5) is 30.5. The molecule has 1 fully saturated rings. The maximum Gasteiger partial charge on any atom is 0.240 e. The van der Waals surface area contributed by atoms with Crippen molar-refractivity contribution >= 4 is 34.1 Å². The molecule has 1 aliphatic carbocycles. The Morgan fingerprint density at radius 1 is 0.886 bits per heavy atom. The highest BCUT2D eigenvalue weighted by Crippen LogP contribution is 2.49. The number of aromatic nitrogens is 1. The minimum Gasteiger partial charge on any atom is -0.489 e. The first kappa shape index (κ1) is 29.2. The molecule has 2 heterocycles. The first-order chi connectivity index (χ1) is 21.4. The number of ether oxygens (including phenoxy) is 5. The molecule has 0 unspecified atom stereocenters. The van der Waals surface area contributed by atoms with Crippen molar-refractivity contribution in [1.29, 1.82) is 0 Å². The minimum atomic E-state index is -1.19. The second-order valence-electron chi connectivity index (χ2n) is 10.7. The van der Waals surface area contributed by atoms with Crippen molar-refractivity contribution in [1.82, 2.24) is 4.98 Å². The number of hydrogen-bond donors (Lipinski definition) is 2. The Labute approximate surface area is 253 Å². The number of hydrogen-bond acceptors (Lipinski definition) is 8. The number of rotatable bonds is 11. The minimum absolute atomic E-state index is 0.0703. The fourth-order valence-corrected chi connectivity index (χ4v) is 4.95.